The number of hydrogen-bond donors (Lipinski definition) is 0. The highest BCUT2D eigenvalue weighted by molar-refractivity contribution is 5.89. The Morgan fingerprint density at radius 1 is 1.30 bits per heavy atom. The van der Waals surface area contributed by atoms with Gasteiger partial charge in [0.15, 0.2) is 0 Å². The van der Waals surface area contributed by atoms with E-state index in [1.807, 2.05) is 13.8 Å². The Bertz CT molecular complexity index is 475. The maximum atomic E-state index is 11.5. The van der Waals surface area contributed by atoms with Crippen LogP contribution in [-0.2, 0) is 4.74 Å². The zero-order chi connectivity index (χ0) is 15.0. The molecule has 1 rings (SSSR count). The molecule has 4 nitrogen and oxygen atoms in total. The van der Waals surface area contributed by atoms with Crippen molar-refractivity contribution >= 4 is 5.97 Å². The number of hydrogen-bond acceptors (Lipinski definition) is 4. The molecule has 1 aromatic rings. The van der Waals surface area contributed by atoms with Gasteiger partial charge < -0.3 is 9.47 Å². The van der Waals surface area contributed by atoms with E-state index in [9.17, 15) is 10.1 Å². The molecule has 0 fully saturated rings. The lowest BCUT2D eigenvalue weighted by Gasteiger charge is -2.21. The molecule has 1 aromatic carbocycles. The number of rotatable bonds is 7. The summed E-state index contributed by atoms with van der Waals surface area (Å²) < 4.78 is 10.5. The molecule has 0 amide bonds. The van der Waals surface area contributed by atoms with Crippen molar-refractivity contribution in [3.63, 3.8) is 0 Å². The van der Waals surface area contributed by atoms with E-state index in [4.69, 9.17) is 9.47 Å². The molecule has 0 N–H and O–H groups in total. The molecule has 0 aliphatic rings. The minimum atomic E-state index is -0.478. The normalized spacial score (nSPS) is 13.1. The summed E-state index contributed by atoms with van der Waals surface area (Å²) in [4.78, 5) is 11.5. The Morgan fingerprint density at radius 2 is 1.95 bits per heavy atom. The lowest BCUT2D eigenvalue weighted by atomic mass is 9.88. The molecule has 0 heterocycles. The number of ether oxygens (including phenoxy) is 2. The fraction of sp³-hybridized carbons (Fsp3) is 0.500. The molecule has 0 saturated heterocycles. The summed E-state index contributed by atoms with van der Waals surface area (Å²) >= 11 is 0. The van der Waals surface area contributed by atoms with E-state index in [2.05, 4.69) is 6.07 Å². The fourth-order valence-corrected chi connectivity index (χ4v) is 1.86. The van der Waals surface area contributed by atoms with Crippen molar-refractivity contribution in [3.8, 4) is 11.8 Å². The molecule has 0 radical (unpaired) electrons. The number of nitriles is 1. The van der Waals surface area contributed by atoms with Crippen LogP contribution in [0.1, 0.15) is 44.0 Å². The number of benzene rings is 1. The topological polar surface area (TPSA) is 59.3 Å². The monoisotopic (exact) mass is 275 g/mol. The van der Waals surface area contributed by atoms with Crippen molar-refractivity contribution in [2.24, 2.45) is 5.41 Å². The van der Waals surface area contributed by atoms with E-state index < -0.39 is 5.41 Å². The van der Waals surface area contributed by atoms with Crippen LogP contribution in [0.2, 0.25) is 0 Å². The first kappa shape index (κ1) is 16.0. The van der Waals surface area contributed by atoms with E-state index in [1.54, 1.807) is 31.2 Å². The first-order chi connectivity index (χ1) is 9.54. The van der Waals surface area contributed by atoms with Crippen LogP contribution >= 0.6 is 0 Å². The Labute approximate surface area is 120 Å². The SMILES string of the molecule is CCCC(C)(C#N)COc1ccc(C(=O)OCC)cc1. The molecule has 0 spiro atoms. The van der Waals surface area contributed by atoms with Crippen molar-refractivity contribution < 1.29 is 14.3 Å². The summed E-state index contributed by atoms with van der Waals surface area (Å²) in [6.07, 6.45) is 1.74. The van der Waals surface area contributed by atoms with Crippen molar-refractivity contribution in [2.75, 3.05) is 13.2 Å². The summed E-state index contributed by atoms with van der Waals surface area (Å²) in [7, 11) is 0. The zero-order valence-corrected chi connectivity index (χ0v) is 12.3. The molecule has 4 heteroatoms. The third-order valence-corrected chi connectivity index (χ3v) is 2.99. The van der Waals surface area contributed by atoms with Gasteiger partial charge in [0, 0.05) is 0 Å². The van der Waals surface area contributed by atoms with Gasteiger partial charge in [0.2, 0.25) is 0 Å². The van der Waals surface area contributed by atoms with Gasteiger partial charge in [-0.15, -0.1) is 0 Å². The van der Waals surface area contributed by atoms with Crippen LogP contribution in [0.5, 0.6) is 5.75 Å². The van der Waals surface area contributed by atoms with E-state index >= 15 is 0 Å². The van der Waals surface area contributed by atoms with Gasteiger partial charge in [0.1, 0.15) is 12.4 Å². The quantitative estimate of drug-likeness (QED) is 0.714. The van der Waals surface area contributed by atoms with Crippen LogP contribution in [0.25, 0.3) is 0 Å². The maximum Gasteiger partial charge on any atom is 0.338 e. The highest BCUT2D eigenvalue weighted by Gasteiger charge is 2.23. The molecule has 0 aliphatic heterocycles. The van der Waals surface area contributed by atoms with Gasteiger partial charge in [-0.05, 0) is 44.5 Å². The molecule has 0 aliphatic carbocycles. The molecule has 0 aromatic heterocycles. The Balaban J connectivity index is 2.62. The zero-order valence-electron chi connectivity index (χ0n) is 12.3. The summed E-state index contributed by atoms with van der Waals surface area (Å²) in [6, 6.07) is 9.06. The second kappa shape index (κ2) is 7.54. The van der Waals surface area contributed by atoms with Gasteiger partial charge >= 0.3 is 5.97 Å². The smallest absolute Gasteiger partial charge is 0.338 e. The fourth-order valence-electron chi connectivity index (χ4n) is 1.86. The summed E-state index contributed by atoms with van der Waals surface area (Å²) in [5, 5.41) is 9.18. The van der Waals surface area contributed by atoms with Crippen LogP contribution in [0.15, 0.2) is 24.3 Å². The van der Waals surface area contributed by atoms with Crippen LogP contribution in [0.4, 0.5) is 0 Å². The van der Waals surface area contributed by atoms with Crippen molar-refractivity contribution in [1.82, 2.24) is 0 Å². The number of carbonyl (C=O) groups excluding carboxylic acids is 1. The first-order valence-corrected chi connectivity index (χ1v) is 6.86. The summed E-state index contributed by atoms with van der Waals surface area (Å²) in [5.41, 5.74) is 0.0185. The van der Waals surface area contributed by atoms with Gasteiger partial charge in [0.25, 0.3) is 0 Å². The van der Waals surface area contributed by atoms with Gasteiger partial charge in [0.05, 0.1) is 23.7 Å². The van der Waals surface area contributed by atoms with Crippen molar-refractivity contribution in [3.05, 3.63) is 29.8 Å². The van der Waals surface area contributed by atoms with E-state index in [-0.39, 0.29) is 5.97 Å². The number of carbonyl (C=O) groups is 1. The molecule has 0 saturated carbocycles. The highest BCUT2D eigenvalue weighted by Crippen LogP contribution is 2.24. The van der Waals surface area contributed by atoms with Gasteiger partial charge in [-0.1, -0.05) is 13.3 Å². The third-order valence-electron chi connectivity index (χ3n) is 2.99. The van der Waals surface area contributed by atoms with Crippen molar-refractivity contribution in [1.29, 1.82) is 5.26 Å². The van der Waals surface area contributed by atoms with Crippen molar-refractivity contribution in [2.45, 2.75) is 33.6 Å². The molecule has 108 valence electrons. The average molecular weight is 275 g/mol. The van der Waals surface area contributed by atoms with Crippen LogP contribution in [0.3, 0.4) is 0 Å². The Kier molecular flexibility index (Phi) is 6.05. The molecular weight excluding hydrogens is 254 g/mol. The second-order valence-corrected chi connectivity index (χ2v) is 4.96. The molecule has 20 heavy (non-hydrogen) atoms. The number of esters is 1. The summed E-state index contributed by atoms with van der Waals surface area (Å²) in [5.74, 6) is 0.308. The highest BCUT2D eigenvalue weighted by atomic mass is 16.5. The molecule has 1 atom stereocenters. The molecule has 0 bridgehead atoms. The second-order valence-electron chi connectivity index (χ2n) is 4.96. The summed E-state index contributed by atoms with van der Waals surface area (Å²) in [6.45, 7) is 6.41. The standard InChI is InChI=1S/C16H21NO3/c1-4-10-16(3,11-17)12-20-14-8-6-13(7-9-14)15(18)19-5-2/h6-9H,4-5,10,12H2,1-3H3. The Morgan fingerprint density at radius 3 is 2.45 bits per heavy atom. The lowest BCUT2D eigenvalue weighted by molar-refractivity contribution is 0.0526. The molecular formula is C16H21NO3. The lowest BCUT2D eigenvalue weighted by Crippen LogP contribution is -2.23. The Hall–Kier alpha value is -2.02. The van der Waals surface area contributed by atoms with Gasteiger partial charge in [-0.3, -0.25) is 0 Å². The maximum absolute atomic E-state index is 11.5. The average Bonchev–Trinajstić information content (AvgIpc) is 2.46. The van der Waals surface area contributed by atoms with Crippen LogP contribution in [0, 0.1) is 16.7 Å². The van der Waals surface area contributed by atoms with Crippen LogP contribution < -0.4 is 4.74 Å². The first-order valence-electron chi connectivity index (χ1n) is 6.86. The predicted octanol–water partition coefficient (Wildman–Crippen LogP) is 3.57. The minimum Gasteiger partial charge on any atom is -0.492 e. The number of nitrogens with zero attached hydrogens (tertiary/aromatic N) is 1. The van der Waals surface area contributed by atoms with Gasteiger partial charge in [-0.2, -0.15) is 5.26 Å². The van der Waals surface area contributed by atoms with E-state index in [0.717, 1.165) is 12.8 Å². The minimum absolute atomic E-state index is 0.341. The largest absolute Gasteiger partial charge is 0.492 e. The van der Waals surface area contributed by atoms with Gasteiger partial charge in [-0.25, -0.2) is 4.79 Å². The predicted molar refractivity (Wildman–Crippen MR) is 76.5 cm³/mol. The third kappa shape index (κ3) is 4.58. The van der Waals surface area contributed by atoms with Crippen LogP contribution in [-0.4, -0.2) is 19.2 Å². The molecule has 1 unspecified atom stereocenters. The van der Waals surface area contributed by atoms with E-state index in [1.165, 1.54) is 0 Å². The van der Waals surface area contributed by atoms with E-state index in [0.29, 0.717) is 24.5 Å².